The Kier molecular flexibility index (Phi) is 3.69. The molecule has 1 atom stereocenters. The minimum Gasteiger partial charge on any atom is -0.465 e. The first-order valence-corrected chi connectivity index (χ1v) is 8.13. The van der Waals surface area contributed by atoms with E-state index in [0.717, 1.165) is 34.7 Å². The molecular weight excluding hydrogens is 316 g/mol. The van der Waals surface area contributed by atoms with E-state index in [1.165, 1.54) is 0 Å². The number of nitrogens with zero attached hydrogens (tertiary/aromatic N) is 1. The van der Waals surface area contributed by atoms with Gasteiger partial charge < -0.3 is 10.4 Å². The van der Waals surface area contributed by atoms with Crippen molar-refractivity contribution >= 4 is 22.6 Å². The average molecular weight is 332 g/mol. The molecule has 124 valence electrons. The van der Waals surface area contributed by atoms with Gasteiger partial charge in [0.05, 0.1) is 6.04 Å². The van der Waals surface area contributed by atoms with Gasteiger partial charge in [0.1, 0.15) is 0 Å². The zero-order valence-electron chi connectivity index (χ0n) is 13.4. The van der Waals surface area contributed by atoms with Crippen LogP contribution in [-0.4, -0.2) is 22.0 Å². The molecule has 0 bridgehead atoms. The Morgan fingerprint density at radius 1 is 1.16 bits per heavy atom. The number of hydrogen-bond acceptors (Lipinski definition) is 3. The Morgan fingerprint density at radius 2 is 2.04 bits per heavy atom. The Labute approximate surface area is 144 Å². The number of benzene rings is 2. The zero-order chi connectivity index (χ0) is 17.4. The number of aromatic nitrogens is 1. The second kappa shape index (κ2) is 6.02. The molecule has 0 fully saturated rings. The largest absolute Gasteiger partial charge is 0.465 e. The Morgan fingerprint density at radius 3 is 2.88 bits per heavy atom. The molecule has 1 amide bonds. The van der Waals surface area contributed by atoms with Gasteiger partial charge in [0.2, 0.25) is 0 Å². The number of ketones is 1. The number of carboxylic acid groups (broad SMARTS) is 1. The lowest BCUT2D eigenvalue weighted by atomic mass is 9.96. The van der Waals surface area contributed by atoms with Gasteiger partial charge in [-0.3, -0.25) is 9.78 Å². The molecule has 2 N–H and O–H groups in total. The molecule has 5 nitrogen and oxygen atoms in total. The van der Waals surface area contributed by atoms with Gasteiger partial charge in [-0.05, 0) is 41.5 Å². The average Bonchev–Trinajstić information content (AvgIpc) is 3.02. The smallest absolute Gasteiger partial charge is 0.405 e. The Hall–Kier alpha value is -3.21. The van der Waals surface area contributed by atoms with Gasteiger partial charge in [0.25, 0.3) is 0 Å². The third-order valence-corrected chi connectivity index (χ3v) is 4.71. The highest BCUT2D eigenvalue weighted by molar-refractivity contribution is 6.16. The lowest BCUT2D eigenvalue weighted by Gasteiger charge is -2.12. The lowest BCUT2D eigenvalue weighted by molar-refractivity contribution is 0.104. The summed E-state index contributed by atoms with van der Waals surface area (Å²) in [4.78, 5) is 28.0. The second-order valence-electron chi connectivity index (χ2n) is 6.19. The lowest BCUT2D eigenvalue weighted by Crippen LogP contribution is -2.24. The van der Waals surface area contributed by atoms with Crippen molar-refractivity contribution in [3.63, 3.8) is 0 Å². The predicted octanol–water partition coefficient (Wildman–Crippen LogP) is 3.72. The van der Waals surface area contributed by atoms with E-state index in [4.69, 9.17) is 5.11 Å². The number of aryl methyl sites for hydroxylation is 1. The zero-order valence-corrected chi connectivity index (χ0v) is 13.4. The van der Waals surface area contributed by atoms with Gasteiger partial charge in [-0.2, -0.15) is 0 Å². The van der Waals surface area contributed by atoms with E-state index in [1.54, 1.807) is 18.5 Å². The second-order valence-corrected chi connectivity index (χ2v) is 6.19. The van der Waals surface area contributed by atoms with Crippen LogP contribution in [0.2, 0.25) is 0 Å². The summed E-state index contributed by atoms with van der Waals surface area (Å²) in [5, 5.41) is 13.3. The maximum Gasteiger partial charge on any atom is 0.405 e. The van der Waals surface area contributed by atoms with E-state index in [2.05, 4.69) is 10.3 Å². The molecule has 4 rings (SSSR count). The highest BCUT2D eigenvalue weighted by atomic mass is 16.4. The number of fused-ring (bicyclic) bond motifs is 2. The number of amides is 1. The van der Waals surface area contributed by atoms with Crippen LogP contribution in [0.5, 0.6) is 0 Å². The molecule has 0 aliphatic heterocycles. The van der Waals surface area contributed by atoms with Crippen molar-refractivity contribution in [3.05, 3.63) is 77.1 Å². The molecule has 1 aromatic heterocycles. The van der Waals surface area contributed by atoms with E-state index in [-0.39, 0.29) is 11.8 Å². The summed E-state index contributed by atoms with van der Waals surface area (Å²) in [5.41, 5.74) is 3.27. The molecule has 0 unspecified atom stereocenters. The first-order valence-electron chi connectivity index (χ1n) is 8.13. The van der Waals surface area contributed by atoms with Crippen LogP contribution in [0, 0.1) is 0 Å². The number of rotatable bonds is 3. The fraction of sp³-hybridized carbons (Fsp3) is 0.150. The number of nitrogens with one attached hydrogen (secondary N) is 1. The standard InChI is InChI=1S/C20H16N2O3/c23-19(17-3-1-2-14-11-21-9-8-15(14)17)13-4-6-16-12(10-13)5-7-18(16)22-20(24)25/h1-4,6,8-11,18,22H,5,7H2,(H,24,25)/t18-/m0/s1. The molecule has 0 saturated heterocycles. The van der Waals surface area contributed by atoms with Crippen molar-refractivity contribution < 1.29 is 14.7 Å². The van der Waals surface area contributed by atoms with Gasteiger partial charge in [-0.25, -0.2) is 4.79 Å². The van der Waals surface area contributed by atoms with E-state index in [1.807, 2.05) is 36.4 Å². The van der Waals surface area contributed by atoms with Crippen molar-refractivity contribution in [1.82, 2.24) is 10.3 Å². The van der Waals surface area contributed by atoms with Crippen molar-refractivity contribution in [2.24, 2.45) is 0 Å². The third-order valence-electron chi connectivity index (χ3n) is 4.71. The minimum absolute atomic E-state index is 0.0331. The van der Waals surface area contributed by atoms with Gasteiger partial charge in [0, 0.05) is 28.9 Å². The number of carbonyl (C=O) groups is 2. The van der Waals surface area contributed by atoms with Crippen molar-refractivity contribution in [2.75, 3.05) is 0 Å². The van der Waals surface area contributed by atoms with Crippen LogP contribution in [0.1, 0.15) is 39.5 Å². The van der Waals surface area contributed by atoms with E-state index in [0.29, 0.717) is 11.1 Å². The van der Waals surface area contributed by atoms with Crippen LogP contribution in [0.25, 0.3) is 10.8 Å². The van der Waals surface area contributed by atoms with Gasteiger partial charge in [-0.1, -0.05) is 30.3 Å². The molecule has 3 aromatic rings. The molecule has 0 radical (unpaired) electrons. The van der Waals surface area contributed by atoms with Crippen LogP contribution in [0.3, 0.4) is 0 Å². The summed E-state index contributed by atoms with van der Waals surface area (Å²) in [5.74, 6) is -0.0331. The number of carbonyl (C=O) groups excluding carboxylic acids is 1. The van der Waals surface area contributed by atoms with Crippen LogP contribution in [0.15, 0.2) is 54.9 Å². The highest BCUT2D eigenvalue weighted by Crippen LogP contribution is 2.32. The van der Waals surface area contributed by atoms with Gasteiger partial charge in [0.15, 0.2) is 5.78 Å². The van der Waals surface area contributed by atoms with Crippen LogP contribution in [0.4, 0.5) is 4.79 Å². The predicted molar refractivity (Wildman–Crippen MR) is 93.8 cm³/mol. The van der Waals surface area contributed by atoms with Gasteiger partial charge in [-0.15, -0.1) is 0 Å². The molecular formula is C20H16N2O3. The van der Waals surface area contributed by atoms with E-state index < -0.39 is 6.09 Å². The number of hydrogen-bond donors (Lipinski definition) is 2. The Balaban J connectivity index is 1.71. The van der Waals surface area contributed by atoms with Gasteiger partial charge >= 0.3 is 6.09 Å². The van der Waals surface area contributed by atoms with E-state index >= 15 is 0 Å². The SMILES string of the molecule is O=C(O)N[C@H]1CCc2cc(C(=O)c3cccc4cnccc34)ccc21. The van der Waals surface area contributed by atoms with Crippen LogP contribution >= 0.6 is 0 Å². The minimum atomic E-state index is -1.03. The molecule has 25 heavy (non-hydrogen) atoms. The topological polar surface area (TPSA) is 79.3 Å². The van der Waals surface area contributed by atoms with Crippen LogP contribution in [-0.2, 0) is 6.42 Å². The molecule has 5 heteroatoms. The quantitative estimate of drug-likeness (QED) is 0.716. The summed E-state index contributed by atoms with van der Waals surface area (Å²) in [6.07, 6.45) is 3.89. The normalized spacial score (nSPS) is 15.8. The van der Waals surface area contributed by atoms with Crippen molar-refractivity contribution in [1.29, 1.82) is 0 Å². The summed E-state index contributed by atoms with van der Waals surface area (Å²) < 4.78 is 0. The maximum absolute atomic E-state index is 13.0. The molecule has 1 heterocycles. The Bertz CT molecular complexity index is 992. The highest BCUT2D eigenvalue weighted by Gasteiger charge is 2.25. The molecule has 0 spiro atoms. The summed E-state index contributed by atoms with van der Waals surface area (Å²) in [6.45, 7) is 0. The first-order chi connectivity index (χ1) is 12.1. The first kappa shape index (κ1) is 15.3. The fourth-order valence-electron chi connectivity index (χ4n) is 3.53. The summed E-state index contributed by atoms with van der Waals surface area (Å²) in [6, 6.07) is 12.8. The molecule has 1 aliphatic rings. The maximum atomic E-state index is 13.0. The van der Waals surface area contributed by atoms with Crippen LogP contribution < -0.4 is 5.32 Å². The van der Waals surface area contributed by atoms with E-state index in [9.17, 15) is 9.59 Å². The number of pyridine rings is 1. The molecule has 0 saturated carbocycles. The third kappa shape index (κ3) is 2.74. The monoisotopic (exact) mass is 332 g/mol. The molecule has 2 aromatic carbocycles. The summed E-state index contributed by atoms with van der Waals surface area (Å²) >= 11 is 0. The summed E-state index contributed by atoms with van der Waals surface area (Å²) in [7, 11) is 0. The fourth-order valence-corrected chi connectivity index (χ4v) is 3.53. The molecule has 1 aliphatic carbocycles. The van der Waals surface area contributed by atoms with Crippen molar-refractivity contribution in [2.45, 2.75) is 18.9 Å². The van der Waals surface area contributed by atoms with Crippen molar-refractivity contribution in [3.8, 4) is 0 Å².